The average molecular weight is 196 g/mol. The third kappa shape index (κ3) is 2.87. The summed E-state index contributed by atoms with van der Waals surface area (Å²) in [5.41, 5.74) is 0.833. The van der Waals surface area contributed by atoms with Crippen molar-refractivity contribution in [3.8, 4) is 0 Å². The molecule has 0 atom stereocenters. The van der Waals surface area contributed by atoms with Crippen LogP contribution in [-0.2, 0) is 0 Å². The molecule has 0 amide bonds. The van der Waals surface area contributed by atoms with Crippen LogP contribution in [0.3, 0.4) is 0 Å². The van der Waals surface area contributed by atoms with Crippen LogP contribution >= 0.6 is 12.6 Å². The predicted molar refractivity (Wildman–Crippen MR) is 53.8 cm³/mol. The molecule has 0 saturated heterocycles. The number of pyridine rings is 1. The van der Waals surface area contributed by atoms with Crippen molar-refractivity contribution in [2.24, 2.45) is 0 Å². The second-order valence-electron chi connectivity index (χ2n) is 2.29. The fourth-order valence-electron chi connectivity index (χ4n) is 0.793. The van der Waals surface area contributed by atoms with Gasteiger partial charge in [0.1, 0.15) is 6.20 Å². The molecule has 0 aliphatic heterocycles. The Hall–Kier alpha value is -1.36. The van der Waals surface area contributed by atoms with Crippen molar-refractivity contribution in [1.82, 2.24) is 4.98 Å². The molecule has 0 N–H and O–H groups in total. The summed E-state index contributed by atoms with van der Waals surface area (Å²) >= 11 is 3.99. The van der Waals surface area contributed by atoms with Crippen LogP contribution in [0.15, 0.2) is 24.4 Å². The maximum atomic E-state index is 10.2. The van der Waals surface area contributed by atoms with Gasteiger partial charge in [-0.15, -0.1) is 0 Å². The Morgan fingerprint density at radius 3 is 2.85 bits per heavy atom. The van der Waals surface area contributed by atoms with Crippen LogP contribution in [0.2, 0.25) is 0 Å². The first kappa shape index (κ1) is 9.73. The van der Waals surface area contributed by atoms with Gasteiger partial charge in [-0.1, -0.05) is 12.2 Å². The molecule has 0 aromatic carbocycles. The number of hydrogen-bond acceptors (Lipinski definition) is 4. The van der Waals surface area contributed by atoms with E-state index in [1.54, 1.807) is 6.07 Å². The molecule has 0 unspecified atom stereocenters. The molecule has 1 aromatic heterocycles. The van der Waals surface area contributed by atoms with Crippen molar-refractivity contribution >= 4 is 24.5 Å². The molecule has 1 rings (SSSR count). The number of nitrogens with zero attached hydrogens (tertiary/aromatic N) is 2. The van der Waals surface area contributed by atoms with Crippen LogP contribution in [0.4, 0.5) is 5.82 Å². The minimum atomic E-state index is -0.522. The fraction of sp³-hybridized carbons (Fsp3) is 0.125. The van der Waals surface area contributed by atoms with Crippen LogP contribution in [0.25, 0.3) is 6.08 Å². The van der Waals surface area contributed by atoms with E-state index in [1.807, 2.05) is 12.2 Å². The highest BCUT2D eigenvalue weighted by atomic mass is 32.1. The molecule has 68 valence electrons. The Morgan fingerprint density at radius 2 is 2.38 bits per heavy atom. The van der Waals surface area contributed by atoms with E-state index in [2.05, 4.69) is 17.6 Å². The number of rotatable bonds is 3. The first-order valence-electron chi connectivity index (χ1n) is 3.62. The third-order valence-electron chi connectivity index (χ3n) is 1.37. The molecule has 13 heavy (non-hydrogen) atoms. The highest BCUT2D eigenvalue weighted by Gasteiger charge is 2.03. The van der Waals surface area contributed by atoms with Gasteiger partial charge in [-0.3, -0.25) is 0 Å². The maximum Gasteiger partial charge on any atom is 0.363 e. The average Bonchev–Trinajstić information content (AvgIpc) is 2.15. The second-order valence-corrected chi connectivity index (χ2v) is 2.66. The normalized spacial score (nSPS) is 10.5. The van der Waals surface area contributed by atoms with Crippen molar-refractivity contribution < 1.29 is 4.92 Å². The Bertz CT molecular complexity index is 321. The lowest BCUT2D eigenvalue weighted by Gasteiger charge is -1.91. The van der Waals surface area contributed by atoms with Gasteiger partial charge in [-0.2, -0.15) is 12.6 Å². The summed E-state index contributed by atoms with van der Waals surface area (Å²) in [5.74, 6) is 0.500. The number of aromatic nitrogens is 1. The zero-order chi connectivity index (χ0) is 9.68. The highest BCUT2D eigenvalue weighted by molar-refractivity contribution is 7.80. The van der Waals surface area contributed by atoms with Gasteiger partial charge in [-0.25, -0.2) is 0 Å². The van der Waals surface area contributed by atoms with E-state index in [4.69, 9.17) is 0 Å². The molecule has 0 bridgehead atoms. The Morgan fingerprint density at radius 1 is 1.62 bits per heavy atom. The lowest BCUT2D eigenvalue weighted by atomic mass is 10.2. The van der Waals surface area contributed by atoms with Gasteiger partial charge in [0.2, 0.25) is 0 Å². The molecular weight excluding hydrogens is 188 g/mol. The summed E-state index contributed by atoms with van der Waals surface area (Å²) in [6.07, 6.45) is 5.10. The molecule has 0 aliphatic rings. The highest BCUT2D eigenvalue weighted by Crippen LogP contribution is 2.08. The monoisotopic (exact) mass is 196 g/mol. The van der Waals surface area contributed by atoms with E-state index in [0.717, 1.165) is 5.56 Å². The minimum Gasteiger partial charge on any atom is -0.358 e. The minimum absolute atomic E-state index is 0.136. The van der Waals surface area contributed by atoms with E-state index in [9.17, 15) is 10.1 Å². The molecule has 0 saturated carbocycles. The second kappa shape index (κ2) is 4.61. The van der Waals surface area contributed by atoms with Gasteiger partial charge in [-0.05, 0) is 16.0 Å². The smallest absolute Gasteiger partial charge is 0.358 e. The Balaban J connectivity index is 2.81. The van der Waals surface area contributed by atoms with Crippen molar-refractivity contribution in [3.63, 3.8) is 0 Å². The topological polar surface area (TPSA) is 56.0 Å². The van der Waals surface area contributed by atoms with Gasteiger partial charge in [0.05, 0.1) is 0 Å². The molecule has 0 fully saturated rings. The van der Waals surface area contributed by atoms with Crippen LogP contribution in [0.5, 0.6) is 0 Å². The molecule has 1 heterocycles. The zero-order valence-electron chi connectivity index (χ0n) is 6.75. The quantitative estimate of drug-likeness (QED) is 0.456. The summed E-state index contributed by atoms with van der Waals surface area (Å²) in [4.78, 5) is 13.4. The first-order valence-corrected chi connectivity index (χ1v) is 4.25. The van der Waals surface area contributed by atoms with Gasteiger partial charge in [0.15, 0.2) is 0 Å². The van der Waals surface area contributed by atoms with E-state index in [1.165, 1.54) is 12.3 Å². The lowest BCUT2D eigenvalue weighted by Crippen LogP contribution is -1.90. The maximum absolute atomic E-state index is 10.2. The molecular formula is C8H8N2O2S. The summed E-state index contributed by atoms with van der Waals surface area (Å²) in [6, 6.07) is 3.02. The van der Waals surface area contributed by atoms with E-state index in [-0.39, 0.29) is 5.82 Å². The molecule has 0 radical (unpaired) electrons. The third-order valence-corrected chi connectivity index (χ3v) is 1.58. The van der Waals surface area contributed by atoms with Crippen molar-refractivity contribution in [3.05, 3.63) is 40.1 Å². The number of thiol groups is 1. The van der Waals surface area contributed by atoms with Gasteiger partial charge >= 0.3 is 5.82 Å². The first-order chi connectivity index (χ1) is 6.24. The number of hydrogen-bond donors (Lipinski definition) is 1. The van der Waals surface area contributed by atoms with Gasteiger partial charge in [0, 0.05) is 17.4 Å². The fourth-order valence-corrected chi connectivity index (χ4v) is 0.898. The Kier molecular flexibility index (Phi) is 3.45. The standard InChI is InChI=1S/C8H8N2O2S/c11-10(12)8-4-3-7(6-9-8)2-1-5-13/h1-4,6,13H,5H2. The largest absolute Gasteiger partial charge is 0.363 e. The summed E-state index contributed by atoms with van der Waals surface area (Å²) in [5, 5.41) is 10.2. The van der Waals surface area contributed by atoms with E-state index in [0.29, 0.717) is 5.75 Å². The molecule has 1 aromatic rings. The van der Waals surface area contributed by atoms with Crippen LogP contribution in [0, 0.1) is 10.1 Å². The molecule has 0 aliphatic carbocycles. The summed E-state index contributed by atoms with van der Waals surface area (Å²) in [7, 11) is 0. The van der Waals surface area contributed by atoms with Crippen LogP contribution in [0.1, 0.15) is 5.56 Å². The van der Waals surface area contributed by atoms with Crippen molar-refractivity contribution in [2.45, 2.75) is 0 Å². The van der Waals surface area contributed by atoms with Crippen LogP contribution < -0.4 is 0 Å². The molecule has 5 heteroatoms. The van der Waals surface area contributed by atoms with E-state index < -0.39 is 4.92 Å². The van der Waals surface area contributed by atoms with Crippen LogP contribution in [-0.4, -0.2) is 15.7 Å². The SMILES string of the molecule is O=[N+]([O-])c1ccc(C=CCS)cn1. The number of nitro groups is 1. The lowest BCUT2D eigenvalue weighted by molar-refractivity contribution is -0.389. The summed E-state index contributed by atoms with van der Waals surface area (Å²) < 4.78 is 0. The molecule has 4 nitrogen and oxygen atoms in total. The predicted octanol–water partition coefficient (Wildman–Crippen LogP) is 1.93. The molecule has 0 spiro atoms. The van der Waals surface area contributed by atoms with E-state index >= 15 is 0 Å². The van der Waals surface area contributed by atoms with Gasteiger partial charge < -0.3 is 10.1 Å². The zero-order valence-corrected chi connectivity index (χ0v) is 7.65. The summed E-state index contributed by atoms with van der Waals surface area (Å²) in [6.45, 7) is 0. The van der Waals surface area contributed by atoms with Gasteiger partial charge in [0.25, 0.3) is 0 Å². The van der Waals surface area contributed by atoms with Crippen molar-refractivity contribution in [1.29, 1.82) is 0 Å². The van der Waals surface area contributed by atoms with Crippen molar-refractivity contribution in [2.75, 3.05) is 5.75 Å². The Labute approximate surface area is 80.9 Å².